The summed E-state index contributed by atoms with van der Waals surface area (Å²) in [6, 6.07) is 9.28. The van der Waals surface area contributed by atoms with Crippen molar-refractivity contribution in [3.8, 4) is 11.4 Å². The lowest BCUT2D eigenvalue weighted by Gasteiger charge is -2.12. The fraction of sp³-hybridized carbons (Fsp3) is 0.0588. The first-order valence-electron chi connectivity index (χ1n) is 7.01. The van der Waals surface area contributed by atoms with E-state index in [9.17, 15) is 13.2 Å². The molecule has 0 radical (unpaired) electrons. The van der Waals surface area contributed by atoms with Gasteiger partial charge in [0.25, 0.3) is 0 Å². The molecule has 3 rings (SSSR count). The highest BCUT2D eigenvalue weighted by atomic mass is 32.1. The first-order valence-corrected chi connectivity index (χ1v) is 7.42. The van der Waals surface area contributed by atoms with Crippen molar-refractivity contribution in [2.75, 3.05) is 0 Å². The van der Waals surface area contributed by atoms with Crippen molar-refractivity contribution < 1.29 is 13.2 Å². The molecule has 0 fully saturated rings. The Labute approximate surface area is 141 Å². The number of nitrogens with two attached hydrogens (primary N) is 1. The maximum Gasteiger partial charge on any atom is 0.195 e. The van der Waals surface area contributed by atoms with Crippen LogP contribution in [0.2, 0.25) is 0 Å². The number of imidazole rings is 1. The molecular formula is C17H12F3N3S. The molecular weight excluding hydrogens is 335 g/mol. The highest BCUT2D eigenvalue weighted by molar-refractivity contribution is 7.80. The molecule has 0 aliphatic rings. The van der Waals surface area contributed by atoms with E-state index < -0.39 is 17.5 Å². The van der Waals surface area contributed by atoms with Gasteiger partial charge in [-0.25, -0.2) is 18.2 Å². The molecule has 7 heteroatoms. The molecule has 0 saturated carbocycles. The number of rotatable bonds is 4. The number of hydrogen-bond donors (Lipinski definition) is 1. The standard InChI is InChI=1S/C17H12F3N3S/c18-13-6-5-12(14(19)15(13)20)17-22-7-8-23(17)9-10-3-1-2-4-11(10)16(21)24/h1-8H,9H2,(H2,21,24). The van der Waals surface area contributed by atoms with Crippen molar-refractivity contribution in [3.05, 3.63) is 77.4 Å². The second-order valence-electron chi connectivity index (χ2n) is 5.12. The van der Waals surface area contributed by atoms with E-state index in [4.69, 9.17) is 18.0 Å². The van der Waals surface area contributed by atoms with Crippen LogP contribution in [0.1, 0.15) is 11.1 Å². The van der Waals surface area contributed by atoms with Gasteiger partial charge in [-0.05, 0) is 17.7 Å². The van der Waals surface area contributed by atoms with Crippen LogP contribution in [0.5, 0.6) is 0 Å². The quantitative estimate of drug-likeness (QED) is 0.579. The topological polar surface area (TPSA) is 43.8 Å². The predicted molar refractivity (Wildman–Crippen MR) is 89.0 cm³/mol. The summed E-state index contributed by atoms with van der Waals surface area (Å²) in [6.45, 7) is 0.307. The molecule has 1 aromatic heterocycles. The van der Waals surface area contributed by atoms with Crippen molar-refractivity contribution in [2.45, 2.75) is 6.54 Å². The molecule has 0 saturated heterocycles. The van der Waals surface area contributed by atoms with Gasteiger partial charge < -0.3 is 10.3 Å². The van der Waals surface area contributed by atoms with Crippen LogP contribution in [0, 0.1) is 17.5 Å². The van der Waals surface area contributed by atoms with Crippen LogP contribution in [0.25, 0.3) is 11.4 Å². The fourth-order valence-electron chi connectivity index (χ4n) is 2.46. The normalized spacial score (nSPS) is 10.8. The van der Waals surface area contributed by atoms with E-state index in [-0.39, 0.29) is 16.4 Å². The first kappa shape index (κ1) is 16.2. The lowest BCUT2D eigenvalue weighted by atomic mass is 10.1. The summed E-state index contributed by atoms with van der Waals surface area (Å²) >= 11 is 5.03. The van der Waals surface area contributed by atoms with Crippen LogP contribution in [0.15, 0.2) is 48.8 Å². The zero-order valence-corrected chi connectivity index (χ0v) is 13.2. The molecule has 2 aromatic carbocycles. The summed E-state index contributed by atoms with van der Waals surface area (Å²) in [5.41, 5.74) is 7.09. The molecule has 0 aliphatic carbocycles. The van der Waals surface area contributed by atoms with E-state index in [2.05, 4.69) is 4.98 Å². The third kappa shape index (κ3) is 2.90. The van der Waals surface area contributed by atoms with Crippen LogP contribution in [0.4, 0.5) is 13.2 Å². The molecule has 0 atom stereocenters. The fourth-order valence-corrected chi connectivity index (χ4v) is 2.66. The molecule has 24 heavy (non-hydrogen) atoms. The van der Waals surface area contributed by atoms with Crippen LogP contribution in [-0.2, 0) is 6.54 Å². The van der Waals surface area contributed by atoms with Crippen LogP contribution in [-0.4, -0.2) is 14.5 Å². The summed E-state index contributed by atoms with van der Waals surface area (Å²) in [4.78, 5) is 4.30. The van der Waals surface area contributed by atoms with E-state index in [1.165, 1.54) is 6.20 Å². The van der Waals surface area contributed by atoms with Gasteiger partial charge in [-0.2, -0.15) is 0 Å². The van der Waals surface area contributed by atoms with E-state index in [0.717, 1.165) is 17.7 Å². The SMILES string of the molecule is NC(=S)c1ccccc1Cn1ccnc1-c1ccc(F)c(F)c1F. The molecule has 0 amide bonds. The van der Waals surface area contributed by atoms with Gasteiger partial charge >= 0.3 is 0 Å². The van der Waals surface area contributed by atoms with E-state index >= 15 is 0 Å². The molecule has 122 valence electrons. The Morgan fingerprint density at radius 3 is 2.58 bits per heavy atom. The summed E-state index contributed by atoms with van der Waals surface area (Å²) in [5, 5.41) is 0. The van der Waals surface area contributed by atoms with Crippen LogP contribution >= 0.6 is 12.2 Å². The minimum Gasteiger partial charge on any atom is -0.389 e. The van der Waals surface area contributed by atoms with Crippen LogP contribution in [0.3, 0.4) is 0 Å². The van der Waals surface area contributed by atoms with Gasteiger partial charge in [-0.1, -0.05) is 36.5 Å². The molecule has 3 nitrogen and oxygen atoms in total. The predicted octanol–water partition coefficient (Wildman–Crippen LogP) is 3.65. The number of nitrogens with zero attached hydrogens (tertiary/aromatic N) is 2. The van der Waals surface area contributed by atoms with Gasteiger partial charge in [-0.3, -0.25) is 0 Å². The smallest absolute Gasteiger partial charge is 0.195 e. The third-order valence-corrected chi connectivity index (χ3v) is 3.83. The zero-order chi connectivity index (χ0) is 17.3. The van der Waals surface area contributed by atoms with Crippen molar-refractivity contribution in [1.29, 1.82) is 0 Å². The second kappa shape index (κ2) is 6.45. The van der Waals surface area contributed by atoms with Crippen molar-refractivity contribution in [2.24, 2.45) is 5.73 Å². The molecule has 0 spiro atoms. The van der Waals surface area contributed by atoms with Crippen LogP contribution < -0.4 is 5.73 Å². The Balaban J connectivity index is 2.04. The van der Waals surface area contributed by atoms with Gasteiger partial charge in [0.15, 0.2) is 17.5 Å². The van der Waals surface area contributed by atoms with Crippen molar-refractivity contribution in [1.82, 2.24) is 9.55 Å². The largest absolute Gasteiger partial charge is 0.389 e. The van der Waals surface area contributed by atoms with Gasteiger partial charge in [0.2, 0.25) is 0 Å². The molecule has 0 unspecified atom stereocenters. The maximum absolute atomic E-state index is 14.0. The Kier molecular flexibility index (Phi) is 4.35. The van der Waals surface area contributed by atoms with Gasteiger partial charge in [0, 0.05) is 24.5 Å². The average molecular weight is 347 g/mol. The van der Waals surface area contributed by atoms with Gasteiger partial charge in [0.1, 0.15) is 10.8 Å². The highest BCUT2D eigenvalue weighted by Gasteiger charge is 2.18. The van der Waals surface area contributed by atoms with E-state index in [1.54, 1.807) is 16.8 Å². The zero-order valence-electron chi connectivity index (χ0n) is 12.3. The number of hydrogen-bond acceptors (Lipinski definition) is 2. The Morgan fingerprint density at radius 2 is 1.83 bits per heavy atom. The van der Waals surface area contributed by atoms with Gasteiger partial charge in [0.05, 0.1) is 5.56 Å². The number of benzene rings is 2. The molecule has 3 aromatic rings. The number of halogens is 3. The van der Waals surface area contributed by atoms with Crippen molar-refractivity contribution >= 4 is 17.2 Å². The van der Waals surface area contributed by atoms with Gasteiger partial charge in [-0.15, -0.1) is 0 Å². The Hall–Kier alpha value is -2.67. The molecule has 0 aliphatic heterocycles. The third-order valence-electron chi connectivity index (χ3n) is 3.62. The highest BCUT2D eigenvalue weighted by Crippen LogP contribution is 2.25. The monoisotopic (exact) mass is 347 g/mol. The summed E-state index contributed by atoms with van der Waals surface area (Å²) in [5.74, 6) is -3.85. The molecule has 2 N–H and O–H groups in total. The molecule has 1 heterocycles. The van der Waals surface area contributed by atoms with Crippen molar-refractivity contribution in [3.63, 3.8) is 0 Å². The summed E-state index contributed by atoms with van der Waals surface area (Å²) < 4.78 is 42.3. The summed E-state index contributed by atoms with van der Waals surface area (Å²) in [7, 11) is 0. The number of thiocarbonyl (C=S) groups is 1. The lowest BCUT2D eigenvalue weighted by Crippen LogP contribution is -2.14. The Morgan fingerprint density at radius 1 is 1.08 bits per heavy atom. The first-order chi connectivity index (χ1) is 11.5. The minimum atomic E-state index is -1.52. The average Bonchev–Trinajstić information content (AvgIpc) is 3.01. The molecule has 0 bridgehead atoms. The van der Waals surface area contributed by atoms with E-state index in [1.807, 2.05) is 18.2 Å². The lowest BCUT2D eigenvalue weighted by molar-refractivity contribution is 0.448. The number of aromatic nitrogens is 2. The van der Waals surface area contributed by atoms with E-state index in [0.29, 0.717) is 12.1 Å². The Bertz CT molecular complexity index is 921. The summed E-state index contributed by atoms with van der Waals surface area (Å²) in [6.07, 6.45) is 3.08. The second-order valence-corrected chi connectivity index (χ2v) is 5.56. The maximum atomic E-state index is 14.0. The minimum absolute atomic E-state index is 0.119.